The van der Waals surface area contributed by atoms with Crippen LogP contribution in [-0.2, 0) is 0 Å². The average molecular weight is 208 g/mol. The minimum atomic E-state index is 0.124. The van der Waals surface area contributed by atoms with Crippen molar-refractivity contribution in [3.05, 3.63) is 23.9 Å². The van der Waals surface area contributed by atoms with Crippen LogP contribution in [0.5, 0.6) is 5.88 Å². The van der Waals surface area contributed by atoms with Crippen LogP contribution in [0.3, 0.4) is 0 Å². The largest absolute Gasteiger partial charge is 0.478 e. The maximum Gasteiger partial charge on any atom is 0.213 e. The summed E-state index contributed by atoms with van der Waals surface area (Å²) in [5.74, 6) is 1.000. The fourth-order valence-electron chi connectivity index (χ4n) is 1.72. The summed E-state index contributed by atoms with van der Waals surface area (Å²) >= 11 is 0. The van der Waals surface area contributed by atoms with Crippen LogP contribution in [0.1, 0.15) is 38.8 Å². The highest BCUT2D eigenvalue weighted by molar-refractivity contribution is 5.19. The summed E-state index contributed by atoms with van der Waals surface area (Å²) in [5, 5.41) is 0. The molecule has 0 aliphatic heterocycles. The predicted octanol–water partition coefficient (Wildman–Crippen LogP) is 2.32. The van der Waals surface area contributed by atoms with Crippen LogP contribution >= 0.6 is 0 Å². The third-order valence-corrected chi connectivity index (χ3v) is 2.49. The van der Waals surface area contributed by atoms with Gasteiger partial charge in [-0.15, -0.1) is 0 Å². The van der Waals surface area contributed by atoms with Crippen LogP contribution in [0.2, 0.25) is 0 Å². The fraction of sp³-hybridized carbons (Fsp3) is 0.583. The first-order valence-corrected chi connectivity index (χ1v) is 5.54. The Balaban J connectivity index is 2.87. The van der Waals surface area contributed by atoms with E-state index in [1.54, 1.807) is 0 Å². The van der Waals surface area contributed by atoms with Crippen molar-refractivity contribution < 1.29 is 4.74 Å². The van der Waals surface area contributed by atoms with Gasteiger partial charge in [0.25, 0.3) is 0 Å². The SMILES string of the molecule is CCOc1cccc(C(CC)C(C)N)n1. The maximum atomic E-state index is 5.92. The van der Waals surface area contributed by atoms with Crippen molar-refractivity contribution in [1.82, 2.24) is 4.98 Å². The zero-order valence-electron chi connectivity index (χ0n) is 9.73. The van der Waals surface area contributed by atoms with Gasteiger partial charge in [-0.1, -0.05) is 13.0 Å². The number of hydrogen-bond donors (Lipinski definition) is 1. The lowest BCUT2D eigenvalue weighted by Crippen LogP contribution is -2.25. The Morgan fingerprint density at radius 3 is 2.67 bits per heavy atom. The molecule has 1 aromatic rings. The second kappa shape index (κ2) is 5.71. The third kappa shape index (κ3) is 3.20. The average Bonchev–Trinajstić information content (AvgIpc) is 2.19. The molecule has 0 aliphatic carbocycles. The molecule has 84 valence electrons. The molecule has 2 atom stereocenters. The summed E-state index contributed by atoms with van der Waals surface area (Å²) in [4.78, 5) is 4.45. The quantitative estimate of drug-likeness (QED) is 0.807. The molecule has 0 amide bonds. The Hall–Kier alpha value is -1.09. The number of nitrogens with zero attached hydrogens (tertiary/aromatic N) is 1. The van der Waals surface area contributed by atoms with Crippen LogP contribution in [0.4, 0.5) is 0 Å². The normalized spacial score (nSPS) is 14.7. The molecule has 2 N–H and O–H groups in total. The summed E-state index contributed by atoms with van der Waals surface area (Å²) in [6.07, 6.45) is 1.00. The molecule has 0 spiro atoms. The van der Waals surface area contributed by atoms with Crippen LogP contribution in [-0.4, -0.2) is 17.6 Å². The van der Waals surface area contributed by atoms with Gasteiger partial charge in [0.2, 0.25) is 5.88 Å². The lowest BCUT2D eigenvalue weighted by atomic mass is 9.95. The highest BCUT2D eigenvalue weighted by Crippen LogP contribution is 2.22. The van der Waals surface area contributed by atoms with E-state index in [1.807, 2.05) is 32.0 Å². The Kier molecular flexibility index (Phi) is 4.56. The molecule has 0 aromatic carbocycles. The summed E-state index contributed by atoms with van der Waals surface area (Å²) in [6.45, 7) is 6.74. The van der Waals surface area contributed by atoms with E-state index in [-0.39, 0.29) is 6.04 Å². The van der Waals surface area contributed by atoms with Gasteiger partial charge in [-0.2, -0.15) is 0 Å². The van der Waals surface area contributed by atoms with Gasteiger partial charge in [-0.25, -0.2) is 4.98 Å². The molecule has 0 radical (unpaired) electrons. The van der Waals surface area contributed by atoms with Crippen molar-refractivity contribution in [2.75, 3.05) is 6.61 Å². The van der Waals surface area contributed by atoms with Crippen molar-refractivity contribution in [3.63, 3.8) is 0 Å². The molecule has 2 unspecified atom stereocenters. The first kappa shape index (κ1) is 12.0. The van der Waals surface area contributed by atoms with Crippen LogP contribution in [0.15, 0.2) is 18.2 Å². The van der Waals surface area contributed by atoms with E-state index < -0.39 is 0 Å². The third-order valence-electron chi connectivity index (χ3n) is 2.49. The summed E-state index contributed by atoms with van der Waals surface area (Å²) in [5.41, 5.74) is 6.95. The first-order valence-electron chi connectivity index (χ1n) is 5.54. The molecule has 3 nitrogen and oxygen atoms in total. The molecule has 0 bridgehead atoms. The van der Waals surface area contributed by atoms with Crippen molar-refractivity contribution in [1.29, 1.82) is 0 Å². The number of nitrogens with two attached hydrogens (primary N) is 1. The maximum absolute atomic E-state index is 5.92. The molecule has 1 aromatic heterocycles. The molecule has 0 fully saturated rings. The molecule has 1 heterocycles. The number of pyridine rings is 1. The Morgan fingerprint density at radius 2 is 2.13 bits per heavy atom. The smallest absolute Gasteiger partial charge is 0.213 e. The van der Waals surface area contributed by atoms with Crippen molar-refractivity contribution >= 4 is 0 Å². The van der Waals surface area contributed by atoms with Crippen molar-refractivity contribution in [2.24, 2.45) is 5.73 Å². The number of rotatable bonds is 5. The molecular weight excluding hydrogens is 188 g/mol. The van der Waals surface area contributed by atoms with E-state index in [9.17, 15) is 0 Å². The summed E-state index contributed by atoms with van der Waals surface area (Å²) in [6, 6.07) is 5.98. The van der Waals surface area contributed by atoms with Crippen LogP contribution in [0, 0.1) is 0 Å². The zero-order chi connectivity index (χ0) is 11.3. The molecule has 1 rings (SSSR count). The number of ether oxygens (including phenoxy) is 1. The van der Waals surface area contributed by atoms with E-state index in [1.165, 1.54) is 0 Å². The van der Waals surface area contributed by atoms with Gasteiger partial charge in [0, 0.05) is 23.7 Å². The Morgan fingerprint density at radius 1 is 1.40 bits per heavy atom. The van der Waals surface area contributed by atoms with Crippen molar-refractivity contribution in [3.8, 4) is 5.88 Å². The molecule has 0 saturated carbocycles. The fourth-order valence-corrected chi connectivity index (χ4v) is 1.72. The van der Waals surface area contributed by atoms with E-state index in [0.717, 1.165) is 12.1 Å². The van der Waals surface area contributed by atoms with Gasteiger partial charge in [-0.05, 0) is 26.3 Å². The van der Waals surface area contributed by atoms with Crippen LogP contribution < -0.4 is 10.5 Å². The molecule has 0 aliphatic rings. The van der Waals surface area contributed by atoms with E-state index in [2.05, 4.69) is 11.9 Å². The predicted molar refractivity (Wildman–Crippen MR) is 62.1 cm³/mol. The van der Waals surface area contributed by atoms with Gasteiger partial charge in [-0.3, -0.25) is 0 Å². The van der Waals surface area contributed by atoms with Gasteiger partial charge < -0.3 is 10.5 Å². The summed E-state index contributed by atoms with van der Waals surface area (Å²) < 4.78 is 5.37. The van der Waals surface area contributed by atoms with E-state index in [0.29, 0.717) is 18.4 Å². The molecule has 0 saturated heterocycles. The van der Waals surface area contributed by atoms with Gasteiger partial charge in [0.1, 0.15) is 0 Å². The number of hydrogen-bond acceptors (Lipinski definition) is 3. The van der Waals surface area contributed by atoms with Gasteiger partial charge in [0.15, 0.2) is 0 Å². The molecule has 3 heteroatoms. The molecular formula is C12H20N2O. The Bertz CT molecular complexity index is 299. The topological polar surface area (TPSA) is 48.1 Å². The lowest BCUT2D eigenvalue weighted by molar-refractivity contribution is 0.324. The monoisotopic (exact) mass is 208 g/mol. The minimum absolute atomic E-state index is 0.124. The standard InChI is InChI=1S/C12H20N2O/c1-4-10(9(3)13)11-7-6-8-12(14-11)15-5-2/h6-10H,4-5,13H2,1-3H3. The zero-order valence-corrected chi connectivity index (χ0v) is 9.73. The second-order valence-corrected chi connectivity index (χ2v) is 3.71. The highest BCUT2D eigenvalue weighted by atomic mass is 16.5. The summed E-state index contributed by atoms with van der Waals surface area (Å²) in [7, 11) is 0. The van der Waals surface area contributed by atoms with E-state index >= 15 is 0 Å². The number of aromatic nitrogens is 1. The van der Waals surface area contributed by atoms with Gasteiger partial charge >= 0.3 is 0 Å². The Labute approximate surface area is 91.7 Å². The second-order valence-electron chi connectivity index (χ2n) is 3.71. The lowest BCUT2D eigenvalue weighted by Gasteiger charge is -2.18. The first-order chi connectivity index (χ1) is 7.19. The molecule has 15 heavy (non-hydrogen) atoms. The highest BCUT2D eigenvalue weighted by Gasteiger charge is 2.15. The van der Waals surface area contributed by atoms with Crippen molar-refractivity contribution in [2.45, 2.75) is 39.2 Å². The minimum Gasteiger partial charge on any atom is -0.478 e. The van der Waals surface area contributed by atoms with Crippen LogP contribution in [0.25, 0.3) is 0 Å². The van der Waals surface area contributed by atoms with Gasteiger partial charge in [0.05, 0.1) is 6.61 Å². The van der Waals surface area contributed by atoms with E-state index in [4.69, 9.17) is 10.5 Å².